The summed E-state index contributed by atoms with van der Waals surface area (Å²) in [4.78, 5) is 12.6. The van der Waals surface area contributed by atoms with Crippen LogP contribution in [0.15, 0.2) is 55.2 Å². The zero-order chi connectivity index (χ0) is 15.8. The number of nitrogens with zero attached hydrogens (tertiary/aromatic N) is 5. The molecule has 0 aliphatic heterocycles. The fraction of sp³-hybridized carbons (Fsp3) is 0.0588. The Labute approximate surface area is 132 Å². The maximum atomic E-state index is 5.99. The first-order chi connectivity index (χ1) is 11.3. The number of benzene rings is 1. The lowest BCUT2D eigenvalue weighted by Gasteiger charge is -2.08. The average Bonchev–Trinajstić information content (AvgIpc) is 3.00. The first kappa shape index (κ1) is 13.4. The Bertz CT molecular complexity index is 1000. The second kappa shape index (κ2) is 5.17. The van der Waals surface area contributed by atoms with Gasteiger partial charge in [-0.15, -0.1) is 0 Å². The van der Waals surface area contributed by atoms with Gasteiger partial charge in [-0.05, 0) is 24.6 Å². The molecule has 0 spiro atoms. The van der Waals surface area contributed by atoms with Crippen LogP contribution in [0.4, 0.5) is 5.82 Å². The standard InChI is InChI=1S/C17H14N6/c1-11-4-2-3-5-15(11)23-17-14(9-22-23)12(6-7-20-17)13-8-19-10-21-16(13)18/h2-10H,1H3,(H2,18,19,21). The number of aryl methyl sites for hydroxylation is 1. The number of hydrogen-bond donors (Lipinski definition) is 1. The van der Waals surface area contributed by atoms with Gasteiger partial charge >= 0.3 is 0 Å². The van der Waals surface area contributed by atoms with Crippen molar-refractivity contribution in [1.82, 2.24) is 24.7 Å². The number of pyridine rings is 1. The first-order valence-corrected chi connectivity index (χ1v) is 7.20. The average molecular weight is 302 g/mol. The molecule has 0 saturated heterocycles. The van der Waals surface area contributed by atoms with E-state index in [0.29, 0.717) is 5.82 Å². The van der Waals surface area contributed by atoms with E-state index in [1.807, 2.05) is 28.9 Å². The summed E-state index contributed by atoms with van der Waals surface area (Å²) in [6.07, 6.45) is 6.70. The molecule has 0 aliphatic rings. The van der Waals surface area contributed by atoms with Crippen LogP contribution < -0.4 is 5.73 Å². The smallest absolute Gasteiger partial charge is 0.163 e. The summed E-state index contributed by atoms with van der Waals surface area (Å²) < 4.78 is 1.84. The number of rotatable bonds is 2. The molecule has 0 bridgehead atoms. The van der Waals surface area contributed by atoms with Gasteiger partial charge < -0.3 is 5.73 Å². The van der Waals surface area contributed by atoms with Crippen molar-refractivity contribution in [2.75, 3.05) is 5.73 Å². The number of nitrogen functional groups attached to an aromatic ring is 1. The normalized spacial score (nSPS) is 11.0. The van der Waals surface area contributed by atoms with Gasteiger partial charge in [-0.2, -0.15) is 5.10 Å². The monoisotopic (exact) mass is 302 g/mol. The van der Waals surface area contributed by atoms with Crippen LogP contribution in [-0.2, 0) is 0 Å². The lowest BCUT2D eigenvalue weighted by atomic mass is 10.1. The highest BCUT2D eigenvalue weighted by atomic mass is 15.3. The summed E-state index contributed by atoms with van der Waals surface area (Å²) in [6, 6.07) is 9.97. The van der Waals surface area contributed by atoms with Crippen molar-refractivity contribution in [3.8, 4) is 16.8 Å². The molecule has 1 aromatic carbocycles. The van der Waals surface area contributed by atoms with Crippen molar-refractivity contribution in [2.45, 2.75) is 6.92 Å². The Morgan fingerprint density at radius 3 is 2.70 bits per heavy atom. The molecule has 0 saturated carbocycles. The summed E-state index contributed by atoms with van der Waals surface area (Å²) >= 11 is 0. The van der Waals surface area contributed by atoms with Crippen LogP contribution in [0.2, 0.25) is 0 Å². The molecule has 0 aliphatic carbocycles. The topological polar surface area (TPSA) is 82.5 Å². The van der Waals surface area contributed by atoms with Crippen molar-refractivity contribution in [3.63, 3.8) is 0 Å². The van der Waals surface area contributed by atoms with E-state index < -0.39 is 0 Å². The van der Waals surface area contributed by atoms with E-state index in [-0.39, 0.29) is 0 Å². The zero-order valence-electron chi connectivity index (χ0n) is 12.5. The number of para-hydroxylation sites is 1. The summed E-state index contributed by atoms with van der Waals surface area (Å²) in [7, 11) is 0. The molecular weight excluding hydrogens is 288 g/mol. The highest BCUT2D eigenvalue weighted by molar-refractivity contribution is 5.95. The molecule has 0 radical (unpaired) electrons. The Kier molecular flexibility index (Phi) is 3.01. The number of hydrogen-bond acceptors (Lipinski definition) is 5. The maximum absolute atomic E-state index is 5.99. The molecular formula is C17H14N6. The van der Waals surface area contributed by atoms with E-state index in [1.54, 1.807) is 18.6 Å². The van der Waals surface area contributed by atoms with Gasteiger partial charge in [0.2, 0.25) is 0 Å². The second-order valence-electron chi connectivity index (χ2n) is 5.26. The van der Waals surface area contributed by atoms with Gasteiger partial charge in [0.15, 0.2) is 5.65 Å². The zero-order valence-corrected chi connectivity index (χ0v) is 12.5. The van der Waals surface area contributed by atoms with Crippen molar-refractivity contribution in [3.05, 3.63) is 60.8 Å². The molecule has 112 valence electrons. The predicted octanol–water partition coefficient (Wildman–Crippen LogP) is 2.77. The van der Waals surface area contributed by atoms with E-state index in [9.17, 15) is 0 Å². The lowest BCUT2D eigenvalue weighted by molar-refractivity contribution is 0.889. The molecule has 3 aromatic heterocycles. The van der Waals surface area contributed by atoms with Gasteiger partial charge in [0.05, 0.1) is 11.9 Å². The van der Waals surface area contributed by atoms with Crippen LogP contribution in [0, 0.1) is 6.92 Å². The lowest BCUT2D eigenvalue weighted by Crippen LogP contribution is -2.00. The Balaban J connectivity index is 1.98. The Hall–Kier alpha value is -3.28. The van der Waals surface area contributed by atoms with E-state index >= 15 is 0 Å². The highest BCUT2D eigenvalue weighted by Gasteiger charge is 2.14. The third kappa shape index (κ3) is 2.12. The van der Waals surface area contributed by atoms with Crippen LogP contribution >= 0.6 is 0 Å². The van der Waals surface area contributed by atoms with Crippen molar-refractivity contribution >= 4 is 16.9 Å². The van der Waals surface area contributed by atoms with Crippen molar-refractivity contribution in [2.24, 2.45) is 0 Å². The van der Waals surface area contributed by atoms with Crippen LogP contribution in [0.25, 0.3) is 27.8 Å². The number of aromatic nitrogens is 5. The minimum Gasteiger partial charge on any atom is -0.383 e. The predicted molar refractivity (Wildman–Crippen MR) is 89.0 cm³/mol. The molecule has 0 amide bonds. The van der Waals surface area contributed by atoms with Crippen LogP contribution in [-0.4, -0.2) is 24.7 Å². The second-order valence-corrected chi connectivity index (χ2v) is 5.26. The summed E-state index contributed by atoms with van der Waals surface area (Å²) in [5, 5.41) is 5.43. The molecule has 23 heavy (non-hydrogen) atoms. The van der Waals surface area contributed by atoms with Crippen molar-refractivity contribution < 1.29 is 0 Å². The Morgan fingerprint density at radius 1 is 1.00 bits per heavy atom. The Morgan fingerprint density at radius 2 is 1.87 bits per heavy atom. The van der Waals surface area contributed by atoms with Crippen molar-refractivity contribution in [1.29, 1.82) is 0 Å². The number of anilines is 1. The van der Waals surface area contributed by atoms with Crippen LogP contribution in [0.3, 0.4) is 0 Å². The van der Waals surface area contributed by atoms with Gasteiger partial charge in [-0.25, -0.2) is 19.6 Å². The van der Waals surface area contributed by atoms with Gasteiger partial charge in [0, 0.05) is 28.9 Å². The minimum absolute atomic E-state index is 0.441. The minimum atomic E-state index is 0.441. The maximum Gasteiger partial charge on any atom is 0.163 e. The largest absolute Gasteiger partial charge is 0.383 e. The van der Waals surface area contributed by atoms with Crippen LogP contribution in [0.5, 0.6) is 0 Å². The molecule has 0 fully saturated rings. The van der Waals surface area contributed by atoms with Gasteiger partial charge in [-0.1, -0.05) is 18.2 Å². The van der Waals surface area contributed by atoms with Gasteiger partial charge in [0.25, 0.3) is 0 Å². The van der Waals surface area contributed by atoms with E-state index in [0.717, 1.165) is 33.4 Å². The molecule has 4 aromatic rings. The molecule has 6 heteroatoms. The molecule has 0 unspecified atom stereocenters. The summed E-state index contributed by atoms with van der Waals surface area (Å²) in [6.45, 7) is 2.05. The van der Waals surface area contributed by atoms with Crippen LogP contribution in [0.1, 0.15) is 5.56 Å². The third-order valence-corrected chi connectivity index (χ3v) is 3.85. The van der Waals surface area contributed by atoms with Gasteiger partial charge in [0.1, 0.15) is 12.1 Å². The van der Waals surface area contributed by atoms with E-state index in [2.05, 4.69) is 33.0 Å². The fourth-order valence-electron chi connectivity index (χ4n) is 2.69. The molecule has 3 heterocycles. The van der Waals surface area contributed by atoms with E-state index in [1.165, 1.54) is 6.33 Å². The van der Waals surface area contributed by atoms with Gasteiger partial charge in [-0.3, -0.25) is 0 Å². The quantitative estimate of drug-likeness (QED) is 0.615. The summed E-state index contributed by atoms with van der Waals surface area (Å²) in [5.74, 6) is 0.441. The van der Waals surface area contributed by atoms with E-state index in [4.69, 9.17) is 5.73 Å². The molecule has 0 atom stereocenters. The molecule has 4 rings (SSSR count). The SMILES string of the molecule is Cc1ccccc1-n1ncc2c(-c3cncnc3N)ccnc21. The third-order valence-electron chi connectivity index (χ3n) is 3.85. The fourth-order valence-corrected chi connectivity index (χ4v) is 2.69. The highest BCUT2D eigenvalue weighted by Crippen LogP contribution is 2.30. The first-order valence-electron chi connectivity index (χ1n) is 7.20. The summed E-state index contributed by atoms with van der Waals surface area (Å²) in [5.41, 5.74) is 10.6. The molecule has 6 nitrogen and oxygen atoms in total. The molecule has 2 N–H and O–H groups in total. The number of fused-ring (bicyclic) bond motifs is 1. The number of nitrogens with two attached hydrogens (primary N) is 1.